The van der Waals surface area contributed by atoms with Crippen LogP contribution in [0.4, 0.5) is 0 Å². The third kappa shape index (κ3) is 2.97. The molecular weight excluding hydrogens is 340 g/mol. The van der Waals surface area contributed by atoms with Crippen molar-refractivity contribution in [2.24, 2.45) is 0 Å². The summed E-state index contributed by atoms with van der Waals surface area (Å²) in [6, 6.07) is 18.8. The topological polar surface area (TPSA) is 61.2 Å². The van der Waals surface area contributed by atoms with E-state index in [0.29, 0.717) is 12.0 Å². The molecule has 0 aliphatic rings. The fourth-order valence-corrected chi connectivity index (χ4v) is 3.29. The van der Waals surface area contributed by atoms with Gasteiger partial charge >= 0.3 is 5.97 Å². The van der Waals surface area contributed by atoms with Crippen molar-refractivity contribution < 1.29 is 14.3 Å². The SMILES string of the molecule is CCC(OC(=O)c1cccnc1)C(=O)n1c2ccccc2c2ccccc21. The van der Waals surface area contributed by atoms with Gasteiger partial charge < -0.3 is 4.74 Å². The van der Waals surface area contributed by atoms with Crippen LogP contribution in [0.3, 0.4) is 0 Å². The number of carbonyl (C=O) groups excluding carboxylic acids is 2. The molecule has 27 heavy (non-hydrogen) atoms. The molecule has 0 saturated carbocycles. The van der Waals surface area contributed by atoms with Crippen molar-refractivity contribution in [3.05, 3.63) is 78.6 Å². The zero-order chi connectivity index (χ0) is 18.8. The van der Waals surface area contributed by atoms with Crippen LogP contribution in [0.1, 0.15) is 28.5 Å². The molecule has 0 N–H and O–H groups in total. The van der Waals surface area contributed by atoms with E-state index < -0.39 is 12.1 Å². The molecule has 0 bridgehead atoms. The average Bonchev–Trinajstić information content (AvgIpc) is 3.06. The second kappa shape index (κ2) is 7.03. The van der Waals surface area contributed by atoms with Gasteiger partial charge in [-0.1, -0.05) is 43.3 Å². The largest absolute Gasteiger partial charge is 0.449 e. The van der Waals surface area contributed by atoms with Crippen molar-refractivity contribution in [3.63, 3.8) is 0 Å². The van der Waals surface area contributed by atoms with Gasteiger partial charge in [-0.25, -0.2) is 4.79 Å². The summed E-state index contributed by atoms with van der Waals surface area (Å²) in [6.45, 7) is 1.83. The van der Waals surface area contributed by atoms with Gasteiger partial charge in [-0.2, -0.15) is 0 Å². The normalized spacial score (nSPS) is 12.2. The van der Waals surface area contributed by atoms with Crippen molar-refractivity contribution in [3.8, 4) is 0 Å². The van der Waals surface area contributed by atoms with Crippen LogP contribution in [-0.2, 0) is 4.74 Å². The summed E-state index contributed by atoms with van der Waals surface area (Å²) in [5, 5.41) is 1.99. The Bertz CT molecular complexity index is 1080. The highest BCUT2D eigenvalue weighted by Gasteiger charge is 2.26. The molecule has 4 aromatic rings. The monoisotopic (exact) mass is 358 g/mol. The summed E-state index contributed by atoms with van der Waals surface area (Å²) in [5.41, 5.74) is 1.94. The summed E-state index contributed by atoms with van der Waals surface area (Å²) in [7, 11) is 0. The van der Waals surface area contributed by atoms with E-state index in [-0.39, 0.29) is 5.91 Å². The predicted octanol–water partition coefficient (Wildman–Crippen LogP) is 4.47. The number of rotatable bonds is 4. The van der Waals surface area contributed by atoms with Crippen LogP contribution in [-0.4, -0.2) is 27.5 Å². The molecule has 0 fully saturated rings. The van der Waals surface area contributed by atoms with Gasteiger partial charge in [-0.05, 0) is 30.7 Å². The molecule has 0 amide bonds. The molecule has 0 aliphatic carbocycles. The molecule has 1 atom stereocenters. The Labute approximate surface area is 156 Å². The van der Waals surface area contributed by atoms with E-state index in [4.69, 9.17) is 4.74 Å². The van der Waals surface area contributed by atoms with Crippen LogP contribution in [0.2, 0.25) is 0 Å². The number of pyridine rings is 1. The molecule has 5 nitrogen and oxygen atoms in total. The minimum atomic E-state index is -0.878. The molecule has 1 unspecified atom stereocenters. The highest BCUT2D eigenvalue weighted by molar-refractivity contribution is 6.14. The lowest BCUT2D eigenvalue weighted by molar-refractivity contribution is 0.0244. The predicted molar refractivity (Wildman–Crippen MR) is 104 cm³/mol. The van der Waals surface area contributed by atoms with Crippen LogP contribution < -0.4 is 0 Å². The number of benzene rings is 2. The third-order valence-corrected chi connectivity index (χ3v) is 4.59. The summed E-state index contributed by atoms with van der Waals surface area (Å²) in [4.78, 5) is 29.6. The minimum Gasteiger partial charge on any atom is -0.449 e. The van der Waals surface area contributed by atoms with E-state index in [0.717, 1.165) is 21.8 Å². The fourth-order valence-electron chi connectivity index (χ4n) is 3.29. The first kappa shape index (κ1) is 17.0. The lowest BCUT2D eigenvalue weighted by Gasteiger charge is -2.17. The van der Waals surface area contributed by atoms with Crippen molar-refractivity contribution in [1.82, 2.24) is 9.55 Å². The molecule has 0 aliphatic heterocycles. The van der Waals surface area contributed by atoms with Gasteiger partial charge in [0.1, 0.15) is 0 Å². The number of ether oxygens (including phenoxy) is 1. The number of hydrogen-bond acceptors (Lipinski definition) is 4. The Hall–Kier alpha value is -3.47. The summed E-state index contributed by atoms with van der Waals surface area (Å²) in [5.74, 6) is -0.809. The fraction of sp³-hybridized carbons (Fsp3) is 0.136. The minimum absolute atomic E-state index is 0.257. The maximum atomic E-state index is 13.3. The number of nitrogens with zero attached hydrogens (tertiary/aromatic N) is 2. The summed E-state index contributed by atoms with van der Waals surface area (Å²) in [6.07, 6.45) is 2.51. The molecule has 4 rings (SSSR count). The lowest BCUT2D eigenvalue weighted by Crippen LogP contribution is -2.31. The molecule has 0 saturated heterocycles. The molecule has 134 valence electrons. The number of fused-ring (bicyclic) bond motifs is 3. The molecule has 2 heterocycles. The molecule has 2 aromatic carbocycles. The van der Waals surface area contributed by atoms with E-state index in [9.17, 15) is 9.59 Å². The van der Waals surface area contributed by atoms with Gasteiger partial charge in [0.15, 0.2) is 6.10 Å². The van der Waals surface area contributed by atoms with Crippen LogP contribution >= 0.6 is 0 Å². The first-order chi connectivity index (χ1) is 13.2. The van der Waals surface area contributed by atoms with Gasteiger partial charge in [-0.3, -0.25) is 14.3 Å². The Morgan fingerprint density at radius 3 is 2.15 bits per heavy atom. The number of aromatic nitrogens is 2. The van der Waals surface area contributed by atoms with E-state index in [1.165, 1.54) is 6.20 Å². The second-order valence-corrected chi connectivity index (χ2v) is 6.25. The Morgan fingerprint density at radius 2 is 1.59 bits per heavy atom. The zero-order valence-electron chi connectivity index (χ0n) is 14.8. The van der Waals surface area contributed by atoms with E-state index >= 15 is 0 Å². The molecule has 0 spiro atoms. The van der Waals surface area contributed by atoms with E-state index in [2.05, 4.69) is 4.98 Å². The van der Waals surface area contributed by atoms with Gasteiger partial charge in [0, 0.05) is 23.2 Å². The highest BCUT2D eigenvalue weighted by Crippen LogP contribution is 2.29. The molecule has 5 heteroatoms. The van der Waals surface area contributed by atoms with Gasteiger partial charge in [0.25, 0.3) is 5.91 Å². The number of para-hydroxylation sites is 2. The summed E-state index contributed by atoms with van der Waals surface area (Å²) < 4.78 is 7.17. The quantitative estimate of drug-likeness (QED) is 0.505. The van der Waals surface area contributed by atoms with Gasteiger partial charge in [0.05, 0.1) is 16.6 Å². The van der Waals surface area contributed by atoms with E-state index in [1.54, 1.807) is 22.9 Å². The van der Waals surface area contributed by atoms with Crippen molar-refractivity contribution in [2.75, 3.05) is 0 Å². The third-order valence-electron chi connectivity index (χ3n) is 4.59. The van der Waals surface area contributed by atoms with Crippen molar-refractivity contribution in [2.45, 2.75) is 19.4 Å². The maximum Gasteiger partial charge on any atom is 0.340 e. The Morgan fingerprint density at radius 1 is 0.963 bits per heavy atom. The van der Waals surface area contributed by atoms with Crippen molar-refractivity contribution >= 4 is 33.7 Å². The van der Waals surface area contributed by atoms with Gasteiger partial charge in [0.2, 0.25) is 0 Å². The molecule has 2 aromatic heterocycles. The van der Waals surface area contributed by atoms with E-state index in [1.807, 2.05) is 55.5 Å². The standard InChI is InChI=1S/C22H18N2O3/c1-2-20(27-22(26)15-8-7-13-23-14-15)21(25)24-18-11-5-3-9-16(18)17-10-4-6-12-19(17)24/h3-14,20H,2H2,1H3. The number of esters is 1. The Kier molecular flexibility index (Phi) is 4.42. The number of carbonyl (C=O) groups is 2. The lowest BCUT2D eigenvalue weighted by atomic mass is 10.2. The van der Waals surface area contributed by atoms with Crippen LogP contribution in [0.25, 0.3) is 21.8 Å². The Balaban J connectivity index is 1.75. The van der Waals surface area contributed by atoms with Crippen LogP contribution in [0, 0.1) is 0 Å². The first-order valence-electron chi connectivity index (χ1n) is 8.84. The van der Waals surface area contributed by atoms with Crippen LogP contribution in [0.5, 0.6) is 0 Å². The maximum absolute atomic E-state index is 13.3. The summed E-state index contributed by atoms with van der Waals surface area (Å²) >= 11 is 0. The van der Waals surface area contributed by atoms with Crippen LogP contribution in [0.15, 0.2) is 73.1 Å². The zero-order valence-corrected chi connectivity index (χ0v) is 14.8. The van der Waals surface area contributed by atoms with Gasteiger partial charge in [-0.15, -0.1) is 0 Å². The first-order valence-corrected chi connectivity index (χ1v) is 8.84. The second-order valence-electron chi connectivity index (χ2n) is 6.25. The highest BCUT2D eigenvalue weighted by atomic mass is 16.5. The smallest absolute Gasteiger partial charge is 0.340 e. The number of hydrogen-bond donors (Lipinski definition) is 0. The molecule has 0 radical (unpaired) electrons. The average molecular weight is 358 g/mol. The van der Waals surface area contributed by atoms with Crippen molar-refractivity contribution in [1.29, 1.82) is 0 Å². The molecular formula is C22H18N2O3.